The van der Waals surface area contributed by atoms with Crippen LogP contribution in [0, 0.1) is 5.82 Å². The minimum absolute atomic E-state index is 0.0827. The van der Waals surface area contributed by atoms with Crippen molar-refractivity contribution in [1.29, 1.82) is 0 Å². The molecule has 2 heterocycles. The molecule has 0 aliphatic rings. The Hall–Kier alpha value is -3.42. The third-order valence-electron chi connectivity index (χ3n) is 3.85. The third kappa shape index (κ3) is 4.60. The van der Waals surface area contributed by atoms with E-state index in [1.165, 1.54) is 30.5 Å². The number of nitrogens with zero attached hydrogens (tertiary/aromatic N) is 1. The fourth-order valence-corrected chi connectivity index (χ4v) is 2.56. The molecule has 0 saturated carbocycles. The molecule has 140 valence electrons. The van der Waals surface area contributed by atoms with Crippen LogP contribution in [0.4, 0.5) is 4.39 Å². The number of carbonyl (C=O) groups is 2. The first-order valence-electron chi connectivity index (χ1n) is 8.38. The van der Waals surface area contributed by atoms with Crippen molar-refractivity contribution in [1.82, 2.24) is 15.5 Å². The fourth-order valence-electron chi connectivity index (χ4n) is 2.56. The molecule has 0 saturated heterocycles. The first-order valence-corrected chi connectivity index (χ1v) is 8.38. The minimum atomic E-state index is -0.680. The van der Waals surface area contributed by atoms with Gasteiger partial charge in [0, 0.05) is 6.07 Å². The predicted octanol–water partition coefficient (Wildman–Crippen LogP) is 3.23. The van der Waals surface area contributed by atoms with Gasteiger partial charge in [0.15, 0.2) is 11.5 Å². The van der Waals surface area contributed by atoms with E-state index in [2.05, 4.69) is 15.5 Å². The summed E-state index contributed by atoms with van der Waals surface area (Å²) in [6.45, 7) is 1.93. The highest BCUT2D eigenvalue weighted by Gasteiger charge is 2.22. The number of halogens is 1. The first kappa shape index (κ1) is 18.4. The van der Waals surface area contributed by atoms with Gasteiger partial charge in [0.2, 0.25) is 0 Å². The Morgan fingerprint density at radius 1 is 1.30 bits per heavy atom. The number of ether oxygens (including phenoxy) is 1. The quantitative estimate of drug-likeness (QED) is 0.622. The molecule has 8 heteroatoms. The van der Waals surface area contributed by atoms with Gasteiger partial charge in [-0.1, -0.05) is 12.1 Å². The van der Waals surface area contributed by atoms with Crippen LogP contribution in [0.25, 0.3) is 11.5 Å². The van der Waals surface area contributed by atoms with Gasteiger partial charge in [-0.05, 0) is 36.8 Å². The highest BCUT2D eigenvalue weighted by atomic mass is 19.1. The molecule has 3 aromatic rings. The molecular formula is C19H18FN3O4. The number of furan rings is 1. The molecule has 3 rings (SSSR count). The number of nitrogens with one attached hydrogen (secondary N) is 2. The topological polar surface area (TPSA) is 97.2 Å². The second-order valence-electron chi connectivity index (χ2n) is 5.73. The first-order chi connectivity index (χ1) is 13.1. The number of aromatic nitrogens is 2. The highest BCUT2D eigenvalue weighted by Crippen LogP contribution is 2.21. The Balaban J connectivity index is 1.77. The van der Waals surface area contributed by atoms with Crippen LogP contribution in [0.1, 0.15) is 35.4 Å². The van der Waals surface area contributed by atoms with E-state index in [9.17, 15) is 14.0 Å². The summed E-state index contributed by atoms with van der Waals surface area (Å²) in [5.41, 5.74) is 1.27. The average Bonchev–Trinajstić information content (AvgIpc) is 3.33. The summed E-state index contributed by atoms with van der Waals surface area (Å²) in [6, 6.07) is 9.88. The lowest BCUT2D eigenvalue weighted by Gasteiger charge is -2.18. The maximum absolute atomic E-state index is 13.2. The van der Waals surface area contributed by atoms with E-state index in [1.807, 2.05) is 0 Å². The summed E-state index contributed by atoms with van der Waals surface area (Å²) in [5.74, 6) is -0.813. The Bertz CT molecular complexity index is 903. The van der Waals surface area contributed by atoms with Gasteiger partial charge in [-0.3, -0.25) is 14.7 Å². The van der Waals surface area contributed by atoms with Crippen molar-refractivity contribution in [3.63, 3.8) is 0 Å². The number of benzene rings is 1. The maximum Gasteiger partial charge on any atom is 0.308 e. The van der Waals surface area contributed by atoms with Gasteiger partial charge < -0.3 is 14.5 Å². The number of hydrogen-bond acceptors (Lipinski definition) is 5. The molecular weight excluding hydrogens is 353 g/mol. The fraction of sp³-hybridized carbons (Fsp3) is 0.211. The van der Waals surface area contributed by atoms with Gasteiger partial charge in [0.1, 0.15) is 11.5 Å². The zero-order valence-electron chi connectivity index (χ0n) is 14.6. The number of esters is 1. The lowest BCUT2D eigenvalue weighted by atomic mass is 10.0. The SMILES string of the molecule is CCOC(=O)CC(NC(=O)c1cc(-c2ccco2)[nH]n1)c1ccc(F)cc1. The Labute approximate surface area is 154 Å². The smallest absolute Gasteiger partial charge is 0.308 e. The zero-order valence-corrected chi connectivity index (χ0v) is 14.6. The van der Waals surface area contributed by atoms with Crippen LogP contribution >= 0.6 is 0 Å². The molecule has 1 aromatic carbocycles. The summed E-state index contributed by atoms with van der Waals surface area (Å²) in [4.78, 5) is 24.5. The summed E-state index contributed by atoms with van der Waals surface area (Å²) in [6.07, 6.45) is 1.43. The van der Waals surface area contributed by atoms with Gasteiger partial charge in [-0.25, -0.2) is 4.39 Å². The molecule has 0 radical (unpaired) electrons. The third-order valence-corrected chi connectivity index (χ3v) is 3.85. The molecule has 2 N–H and O–H groups in total. The summed E-state index contributed by atoms with van der Waals surface area (Å²) >= 11 is 0. The van der Waals surface area contributed by atoms with E-state index >= 15 is 0 Å². The molecule has 0 spiro atoms. The van der Waals surface area contributed by atoms with E-state index in [0.717, 1.165) is 0 Å². The van der Waals surface area contributed by atoms with Crippen molar-refractivity contribution in [3.8, 4) is 11.5 Å². The van der Waals surface area contributed by atoms with Crippen LogP contribution in [0.2, 0.25) is 0 Å². The lowest BCUT2D eigenvalue weighted by molar-refractivity contribution is -0.143. The monoisotopic (exact) mass is 371 g/mol. The highest BCUT2D eigenvalue weighted by molar-refractivity contribution is 5.93. The van der Waals surface area contributed by atoms with E-state index in [0.29, 0.717) is 17.0 Å². The number of hydrogen-bond donors (Lipinski definition) is 2. The van der Waals surface area contributed by atoms with Gasteiger partial charge in [0.05, 0.1) is 25.3 Å². The number of carbonyl (C=O) groups excluding carboxylic acids is 2. The molecule has 0 aliphatic heterocycles. The number of aromatic amines is 1. The second-order valence-corrected chi connectivity index (χ2v) is 5.73. The number of H-pyrrole nitrogens is 1. The average molecular weight is 371 g/mol. The van der Waals surface area contributed by atoms with E-state index in [1.54, 1.807) is 25.1 Å². The van der Waals surface area contributed by atoms with E-state index < -0.39 is 23.7 Å². The largest absolute Gasteiger partial charge is 0.466 e. The molecule has 1 unspecified atom stereocenters. The molecule has 0 aliphatic carbocycles. The number of amides is 1. The van der Waals surface area contributed by atoms with Gasteiger partial charge in [0.25, 0.3) is 5.91 Å². The van der Waals surface area contributed by atoms with Crippen LogP contribution < -0.4 is 5.32 Å². The minimum Gasteiger partial charge on any atom is -0.466 e. The van der Waals surface area contributed by atoms with Gasteiger partial charge in [-0.15, -0.1) is 0 Å². The van der Waals surface area contributed by atoms with Gasteiger partial charge >= 0.3 is 5.97 Å². The van der Waals surface area contributed by atoms with E-state index in [-0.39, 0.29) is 18.7 Å². The molecule has 7 nitrogen and oxygen atoms in total. The molecule has 2 aromatic heterocycles. The van der Waals surface area contributed by atoms with Crippen molar-refractivity contribution in [3.05, 3.63) is 65.8 Å². The van der Waals surface area contributed by atoms with Crippen molar-refractivity contribution < 1.29 is 23.1 Å². The predicted molar refractivity (Wildman–Crippen MR) is 94.1 cm³/mol. The van der Waals surface area contributed by atoms with Crippen molar-refractivity contribution in [2.24, 2.45) is 0 Å². The van der Waals surface area contributed by atoms with Crippen molar-refractivity contribution in [2.45, 2.75) is 19.4 Å². The van der Waals surface area contributed by atoms with Crippen LogP contribution in [0.5, 0.6) is 0 Å². The van der Waals surface area contributed by atoms with Crippen molar-refractivity contribution >= 4 is 11.9 Å². The number of rotatable bonds is 7. The molecule has 1 amide bonds. The van der Waals surface area contributed by atoms with Crippen LogP contribution in [-0.4, -0.2) is 28.7 Å². The lowest BCUT2D eigenvalue weighted by Crippen LogP contribution is -2.31. The standard InChI is InChI=1S/C19H18FN3O4/c1-2-26-18(24)11-14(12-5-7-13(20)8-6-12)21-19(25)16-10-15(22-23-16)17-4-3-9-27-17/h3-10,14H,2,11H2,1H3,(H,21,25)(H,22,23). The Kier molecular flexibility index (Phi) is 5.65. The van der Waals surface area contributed by atoms with Crippen LogP contribution in [-0.2, 0) is 9.53 Å². The normalized spacial score (nSPS) is 11.8. The molecule has 0 bridgehead atoms. The van der Waals surface area contributed by atoms with Gasteiger partial charge in [-0.2, -0.15) is 5.10 Å². The summed E-state index contributed by atoms with van der Waals surface area (Å²) in [7, 11) is 0. The Morgan fingerprint density at radius 3 is 2.74 bits per heavy atom. The van der Waals surface area contributed by atoms with Crippen LogP contribution in [0.3, 0.4) is 0 Å². The summed E-state index contributed by atoms with van der Waals surface area (Å²) < 4.78 is 23.4. The molecule has 27 heavy (non-hydrogen) atoms. The van der Waals surface area contributed by atoms with Crippen molar-refractivity contribution in [2.75, 3.05) is 6.61 Å². The van der Waals surface area contributed by atoms with E-state index in [4.69, 9.17) is 9.15 Å². The van der Waals surface area contributed by atoms with Crippen LogP contribution in [0.15, 0.2) is 53.1 Å². The Morgan fingerprint density at radius 2 is 2.07 bits per heavy atom. The second kappa shape index (κ2) is 8.31. The zero-order chi connectivity index (χ0) is 19.2. The molecule has 1 atom stereocenters. The maximum atomic E-state index is 13.2. The summed E-state index contributed by atoms with van der Waals surface area (Å²) in [5, 5.41) is 9.44. The molecule has 0 fully saturated rings.